The number of nitrogens with zero attached hydrogens (tertiary/aromatic N) is 1. The maximum atomic E-state index is 11.5. The van der Waals surface area contributed by atoms with E-state index >= 15 is 0 Å². The summed E-state index contributed by atoms with van der Waals surface area (Å²) in [4.78, 5) is 12.4. The fourth-order valence-corrected chi connectivity index (χ4v) is 2.96. The van der Waals surface area contributed by atoms with Gasteiger partial charge in [-0.3, -0.25) is 0 Å². The first-order valence-corrected chi connectivity index (χ1v) is 7.37. The summed E-state index contributed by atoms with van der Waals surface area (Å²) in [6.07, 6.45) is 0.387. The van der Waals surface area contributed by atoms with Gasteiger partial charge in [-0.1, -0.05) is 13.0 Å². The van der Waals surface area contributed by atoms with E-state index in [1.54, 1.807) is 17.8 Å². The highest BCUT2D eigenvalue weighted by Gasteiger charge is 2.43. The largest absolute Gasteiger partial charge is 0.479 e. The Bertz CT molecular complexity index is 548. The molecule has 20 heavy (non-hydrogen) atoms. The van der Waals surface area contributed by atoms with Gasteiger partial charge in [0.2, 0.25) is 0 Å². The number of carboxylic acids is 1. The zero-order valence-electron chi connectivity index (χ0n) is 11.2. The second-order valence-corrected chi connectivity index (χ2v) is 5.84. The molecular formula is C14H16N2O3S. The molecule has 1 aromatic carbocycles. The summed E-state index contributed by atoms with van der Waals surface area (Å²) in [6, 6.07) is 7.60. The van der Waals surface area contributed by atoms with Crippen molar-refractivity contribution in [1.82, 2.24) is 0 Å². The molecule has 106 valence electrons. The summed E-state index contributed by atoms with van der Waals surface area (Å²) in [6.45, 7) is 2.53. The topological polar surface area (TPSA) is 82.3 Å². The SMILES string of the molecule is CCSc1cccc(NC2(C(=O)O)CCOC2)c1C#N. The lowest BCUT2D eigenvalue weighted by Gasteiger charge is -2.26. The van der Waals surface area contributed by atoms with Crippen LogP contribution in [0.2, 0.25) is 0 Å². The van der Waals surface area contributed by atoms with Crippen molar-refractivity contribution >= 4 is 23.4 Å². The normalized spacial score (nSPS) is 21.4. The van der Waals surface area contributed by atoms with Crippen LogP contribution in [0.15, 0.2) is 23.1 Å². The molecule has 0 aromatic heterocycles. The lowest BCUT2D eigenvalue weighted by Crippen LogP contribution is -2.47. The Hall–Kier alpha value is -1.71. The lowest BCUT2D eigenvalue weighted by atomic mass is 9.98. The Morgan fingerprint density at radius 3 is 3.00 bits per heavy atom. The van der Waals surface area contributed by atoms with Crippen LogP contribution >= 0.6 is 11.8 Å². The van der Waals surface area contributed by atoms with Crippen molar-refractivity contribution in [2.24, 2.45) is 0 Å². The van der Waals surface area contributed by atoms with Crippen molar-refractivity contribution in [3.8, 4) is 6.07 Å². The minimum absolute atomic E-state index is 0.109. The van der Waals surface area contributed by atoms with Crippen LogP contribution in [0.1, 0.15) is 18.9 Å². The number of thioether (sulfide) groups is 1. The second kappa shape index (κ2) is 6.16. The molecule has 0 saturated carbocycles. The zero-order chi connectivity index (χ0) is 14.6. The van der Waals surface area contributed by atoms with E-state index in [0.717, 1.165) is 10.6 Å². The fraction of sp³-hybridized carbons (Fsp3) is 0.429. The fourth-order valence-electron chi connectivity index (χ4n) is 2.17. The maximum absolute atomic E-state index is 11.5. The standard InChI is InChI=1S/C14H16N2O3S/c1-2-20-12-5-3-4-11(10(12)8-15)16-14(13(17)18)6-7-19-9-14/h3-5,16H,2,6-7,9H2,1H3,(H,17,18). The van der Waals surface area contributed by atoms with Crippen molar-refractivity contribution in [2.75, 3.05) is 24.3 Å². The van der Waals surface area contributed by atoms with E-state index in [-0.39, 0.29) is 6.61 Å². The molecule has 5 nitrogen and oxygen atoms in total. The van der Waals surface area contributed by atoms with Gasteiger partial charge in [-0.05, 0) is 17.9 Å². The third-order valence-corrected chi connectivity index (χ3v) is 4.18. The first kappa shape index (κ1) is 14.7. The minimum Gasteiger partial charge on any atom is -0.479 e. The predicted octanol–water partition coefficient (Wildman–Crippen LogP) is 2.33. The zero-order valence-corrected chi connectivity index (χ0v) is 12.0. The molecule has 2 N–H and O–H groups in total. The quantitative estimate of drug-likeness (QED) is 0.810. The highest BCUT2D eigenvalue weighted by atomic mass is 32.2. The molecule has 1 heterocycles. The molecule has 1 saturated heterocycles. The minimum atomic E-state index is -1.14. The van der Waals surface area contributed by atoms with Crippen LogP contribution in [0.4, 0.5) is 5.69 Å². The molecule has 1 fully saturated rings. The van der Waals surface area contributed by atoms with Crippen LogP contribution in [0, 0.1) is 11.3 Å². The first-order chi connectivity index (χ1) is 9.63. The third-order valence-electron chi connectivity index (χ3n) is 3.24. The van der Waals surface area contributed by atoms with Crippen LogP contribution in [0.25, 0.3) is 0 Å². The summed E-state index contributed by atoms with van der Waals surface area (Å²) in [5, 5.41) is 21.8. The molecule has 1 unspecified atom stereocenters. The van der Waals surface area contributed by atoms with E-state index in [0.29, 0.717) is 24.3 Å². The Balaban J connectivity index is 2.36. The average Bonchev–Trinajstić information content (AvgIpc) is 2.89. The Morgan fingerprint density at radius 2 is 2.45 bits per heavy atom. The van der Waals surface area contributed by atoms with Gasteiger partial charge in [-0.2, -0.15) is 5.26 Å². The highest BCUT2D eigenvalue weighted by molar-refractivity contribution is 7.99. The van der Waals surface area contributed by atoms with Crippen molar-refractivity contribution in [3.63, 3.8) is 0 Å². The van der Waals surface area contributed by atoms with Gasteiger partial charge in [0.25, 0.3) is 0 Å². The number of ether oxygens (including phenoxy) is 1. The number of aliphatic carboxylic acids is 1. The number of hydrogen-bond donors (Lipinski definition) is 2. The molecular weight excluding hydrogens is 276 g/mol. The number of nitrogens with one attached hydrogen (secondary N) is 1. The number of benzene rings is 1. The lowest BCUT2D eigenvalue weighted by molar-refractivity contribution is -0.142. The molecule has 0 spiro atoms. The second-order valence-electron chi connectivity index (χ2n) is 4.54. The van der Waals surface area contributed by atoms with Crippen molar-refractivity contribution in [1.29, 1.82) is 5.26 Å². The van der Waals surface area contributed by atoms with Crippen LogP contribution < -0.4 is 5.32 Å². The maximum Gasteiger partial charge on any atom is 0.331 e. The van der Waals surface area contributed by atoms with Gasteiger partial charge in [0.15, 0.2) is 5.54 Å². The van der Waals surface area contributed by atoms with Gasteiger partial charge < -0.3 is 15.2 Å². The molecule has 1 aliphatic rings. The summed E-state index contributed by atoms with van der Waals surface area (Å²) in [5.41, 5.74) is -0.0908. The number of rotatable bonds is 5. The summed E-state index contributed by atoms with van der Waals surface area (Å²) in [7, 11) is 0. The smallest absolute Gasteiger partial charge is 0.331 e. The Morgan fingerprint density at radius 1 is 1.65 bits per heavy atom. The van der Waals surface area contributed by atoms with Crippen LogP contribution in [0.5, 0.6) is 0 Å². The van der Waals surface area contributed by atoms with Crippen LogP contribution in [-0.2, 0) is 9.53 Å². The van der Waals surface area contributed by atoms with E-state index in [9.17, 15) is 15.2 Å². The Labute approximate surface area is 121 Å². The van der Waals surface area contributed by atoms with Gasteiger partial charge in [0.1, 0.15) is 6.07 Å². The summed E-state index contributed by atoms with van der Waals surface area (Å²) < 4.78 is 5.21. The monoisotopic (exact) mass is 292 g/mol. The number of carbonyl (C=O) groups is 1. The van der Waals surface area contributed by atoms with Crippen molar-refractivity contribution < 1.29 is 14.6 Å². The molecule has 0 radical (unpaired) electrons. The first-order valence-electron chi connectivity index (χ1n) is 6.38. The summed E-state index contributed by atoms with van der Waals surface area (Å²) >= 11 is 1.56. The number of anilines is 1. The van der Waals surface area contributed by atoms with Gasteiger partial charge in [-0.25, -0.2) is 4.79 Å². The van der Waals surface area contributed by atoms with Crippen LogP contribution in [0.3, 0.4) is 0 Å². The van der Waals surface area contributed by atoms with Crippen molar-refractivity contribution in [2.45, 2.75) is 23.8 Å². The molecule has 1 atom stereocenters. The molecule has 1 aliphatic heterocycles. The number of nitriles is 1. The van der Waals surface area contributed by atoms with Gasteiger partial charge in [0.05, 0.1) is 17.9 Å². The van der Waals surface area contributed by atoms with E-state index in [2.05, 4.69) is 11.4 Å². The molecule has 0 bridgehead atoms. The molecule has 2 rings (SSSR count). The van der Waals surface area contributed by atoms with Gasteiger partial charge in [-0.15, -0.1) is 11.8 Å². The average molecular weight is 292 g/mol. The number of hydrogen-bond acceptors (Lipinski definition) is 5. The molecule has 1 aromatic rings. The molecule has 0 amide bonds. The predicted molar refractivity (Wildman–Crippen MR) is 77.0 cm³/mol. The van der Waals surface area contributed by atoms with E-state index in [4.69, 9.17) is 4.74 Å². The summed E-state index contributed by atoms with van der Waals surface area (Å²) in [5.74, 6) is -0.0989. The highest BCUT2D eigenvalue weighted by Crippen LogP contribution is 2.32. The Kier molecular flexibility index (Phi) is 4.53. The van der Waals surface area contributed by atoms with E-state index in [1.165, 1.54) is 0 Å². The molecule has 6 heteroatoms. The van der Waals surface area contributed by atoms with Crippen molar-refractivity contribution in [3.05, 3.63) is 23.8 Å². The van der Waals surface area contributed by atoms with Crippen LogP contribution in [-0.4, -0.2) is 35.6 Å². The van der Waals surface area contributed by atoms with Gasteiger partial charge >= 0.3 is 5.97 Å². The number of carboxylic acid groups (broad SMARTS) is 1. The van der Waals surface area contributed by atoms with Gasteiger partial charge in [0, 0.05) is 17.9 Å². The molecule has 0 aliphatic carbocycles. The third kappa shape index (κ3) is 2.74. The van der Waals surface area contributed by atoms with E-state index in [1.807, 2.05) is 19.1 Å². The van der Waals surface area contributed by atoms with E-state index < -0.39 is 11.5 Å².